The van der Waals surface area contributed by atoms with Gasteiger partial charge in [0, 0.05) is 23.3 Å². The number of nitro groups is 2. The van der Waals surface area contributed by atoms with Crippen LogP contribution in [0.5, 0.6) is 0 Å². The molecule has 0 aromatic heterocycles. The molecule has 0 aliphatic heterocycles. The van der Waals surface area contributed by atoms with Gasteiger partial charge in [-0.05, 0) is 25.0 Å². The van der Waals surface area contributed by atoms with Crippen LogP contribution in [0.15, 0.2) is 36.4 Å². The molecule has 2 rings (SSSR count). The molecule has 0 fully saturated rings. The second-order valence-electron chi connectivity index (χ2n) is 5.68. The van der Waals surface area contributed by atoms with E-state index < -0.39 is 21.8 Å². The first-order valence-electron chi connectivity index (χ1n) is 7.99. The molecule has 10 nitrogen and oxygen atoms in total. The Morgan fingerprint density at radius 2 is 1.14 bits per heavy atom. The second kappa shape index (κ2) is 8.71. The van der Waals surface area contributed by atoms with E-state index in [9.17, 15) is 29.8 Å². The largest absolute Gasteiger partial charge is 0.465 e. The maximum absolute atomic E-state index is 11.6. The van der Waals surface area contributed by atoms with Gasteiger partial charge in [0.25, 0.3) is 11.4 Å². The maximum Gasteiger partial charge on any atom is 0.338 e. The number of benzene rings is 2. The molecule has 0 saturated carbocycles. The van der Waals surface area contributed by atoms with E-state index in [1.54, 1.807) is 0 Å². The first-order valence-corrected chi connectivity index (χ1v) is 7.99. The summed E-state index contributed by atoms with van der Waals surface area (Å²) < 4.78 is 9.10. The van der Waals surface area contributed by atoms with Crippen molar-refractivity contribution in [3.63, 3.8) is 0 Å². The molecule has 0 amide bonds. The molecule has 0 saturated heterocycles. The van der Waals surface area contributed by atoms with Gasteiger partial charge in [0.05, 0.1) is 35.2 Å². The van der Waals surface area contributed by atoms with Crippen LogP contribution in [0.3, 0.4) is 0 Å². The van der Waals surface area contributed by atoms with Crippen molar-refractivity contribution in [3.05, 3.63) is 78.9 Å². The summed E-state index contributed by atoms with van der Waals surface area (Å²) >= 11 is 0. The number of nitro benzene ring substituents is 2. The number of aryl methyl sites for hydroxylation is 2. The molecule has 28 heavy (non-hydrogen) atoms. The van der Waals surface area contributed by atoms with Crippen molar-refractivity contribution in [3.8, 4) is 0 Å². The number of nitrogens with zero attached hydrogens (tertiary/aromatic N) is 2. The van der Waals surface area contributed by atoms with Crippen LogP contribution in [-0.2, 0) is 22.3 Å². The minimum absolute atomic E-state index is 0.0337. The van der Waals surface area contributed by atoms with E-state index in [1.165, 1.54) is 38.5 Å². The van der Waals surface area contributed by atoms with E-state index >= 15 is 0 Å². The Labute approximate surface area is 159 Å². The molecular weight excluding hydrogens is 372 g/mol. The topological polar surface area (TPSA) is 139 Å². The smallest absolute Gasteiger partial charge is 0.338 e. The van der Waals surface area contributed by atoms with Gasteiger partial charge in [-0.15, -0.1) is 0 Å². The molecule has 10 heteroatoms. The molecule has 0 aliphatic carbocycles. The summed E-state index contributed by atoms with van der Waals surface area (Å²) in [7, 11) is 2.33. The van der Waals surface area contributed by atoms with Crippen LogP contribution in [0.25, 0.3) is 0 Å². The normalized spacial score (nSPS) is 10.2. The zero-order valence-electron chi connectivity index (χ0n) is 15.0. The third-order valence-electron chi connectivity index (χ3n) is 4.07. The molecule has 0 spiro atoms. The molecule has 0 aliphatic rings. The van der Waals surface area contributed by atoms with Crippen molar-refractivity contribution in [1.82, 2.24) is 0 Å². The molecule has 2 aromatic rings. The van der Waals surface area contributed by atoms with Gasteiger partial charge in [0.2, 0.25) is 0 Å². The zero-order valence-corrected chi connectivity index (χ0v) is 15.0. The van der Waals surface area contributed by atoms with Crippen LogP contribution in [0.4, 0.5) is 11.4 Å². The van der Waals surface area contributed by atoms with Crippen LogP contribution in [0.2, 0.25) is 0 Å². The van der Waals surface area contributed by atoms with E-state index in [-0.39, 0.29) is 35.3 Å². The van der Waals surface area contributed by atoms with Crippen LogP contribution >= 0.6 is 0 Å². The number of ether oxygens (including phenoxy) is 2. The monoisotopic (exact) mass is 388 g/mol. The summed E-state index contributed by atoms with van der Waals surface area (Å²) in [5.74, 6) is -1.41. The first-order chi connectivity index (χ1) is 13.3. The highest BCUT2D eigenvalue weighted by molar-refractivity contribution is 5.90. The van der Waals surface area contributed by atoms with E-state index in [1.807, 2.05) is 0 Å². The summed E-state index contributed by atoms with van der Waals surface area (Å²) in [4.78, 5) is 44.5. The summed E-state index contributed by atoms with van der Waals surface area (Å²) in [5, 5.41) is 22.6. The predicted molar refractivity (Wildman–Crippen MR) is 96.3 cm³/mol. The van der Waals surface area contributed by atoms with Crippen molar-refractivity contribution in [2.24, 2.45) is 0 Å². The Kier molecular flexibility index (Phi) is 6.38. The second-order valence-corrected chi connectivity index (χ2v) is 5.68. The Bertz CT molecular complexity index is 877. The maximum atomic E-state index is 11.6. The van der Waals surface area contributed by atoms with E-state index in [4.69, 9.17) is 0 Å². The van der Waals surface area contributed by atoms with Crippen LogP contribution in [0.1, 0.15) is 31.8 Å². The summed E-state index contributed by atoms with van der Waals surface area (Å²) in [6.07, 6.45) is 0.242. The highest BCUT2D eigenvalue weighted by atomic mass is 16.6. The quantitative estimate of drug-likeness (QED) is 0.401. The van der Waals surface area contributed by atoms with Crippen LogP contribution < -0.4 is 0 Å². The van der Waals surface area contributed by atoms with Crippen molar-refractivity contribution in [1.29, 1.82) is 0 Å². The molecule has 0 atom stereocenters. The fourth-order valence-electron chi connectivity index (χ4n) is 2.65. The fraction of sp³-hybridized carbons (Fsp3) is 0.222. The number of hydrogen-bond donors (Lipinski definition) is 0. The third-order valence-corrected chi connectivity index (χ3v) is 4.07. The van der Waals surface area contributed by atoms with Crippen molar-refractivity contribution in [2.45, 2.75) is 12.8 Å². The lowest BCUT2D eigenvalue weighted by molar-refractivity contribution is -0.386. The Morgan fingerprint density at radius 3 is 1.43 bits per heavy atom. The average Bonchev–Trinajstić information content (AvgIpc) is 2.70. The molecule has 0 unspecified atom stereocenters. The number of rotatable bonds is 7. The summed E-state index contributed by atoms with van der Waals surface area (Å²) in [6, 6.07) is 7.83. The van der Waals surface area contributed by atoms with Gasteiger partial charge in [-0.1, -0.05) is 12.1 Å². The standard InChI is InChI=1S/C18H16N2O8/c1-27-17(21)13-7-5-11(15(9-13)19(23)24)3-4-12-6-8-14(18(22)28-2)10-16(12)20(25)26/h5-10H,3-4H2,1-2H3. The van der Waals surface area contributed by atoms with Gasteiger partial charge >= 0.3 is 11.9 Å². The minimum Gasteiger partial charge on any atom is -0.465 e. The lowest BCUT2D eigenvalue weighted by Gasteiger charge is -2.07. The van der Waals surface area contributed by atoms with Crippen molar-refractivity contribution < 1.29 is 28.9 Å². The number of methoxy groups -OCH3 is 2. The van der Waals surface area contributed by atoms with Crippen molar-refractivity contribution >= 4 is 23.3 Å². The summed E-state index contributed by atoms with van der Waals surface area (Å²) in [6.45, 7) is 0. The number of carbonyl (C=O) groups excluding carboxylic acids is 2. The van der Waals surface area contributed by atoms with Gasteiger partial charge in [0.15, 0.2) is 0 Å². The van der Waals surface area contributed by atoms with Gasteiger partial charge in [-0.25, -0.2) is 9.59 Å². The molecule has 0 heterocycles. The Morgan fingerprint density at radius 1 is 0.786 bits per heavy atom. The Balaban J connectivity index is 2.33. The highest BCUT2D eigenvalue weighted by Gasteiger charge is 2.21. The lowest BCUT2D eigenvalue weighted by Crippen LogP contribution is -2.06. The van der Waals surface area contributed by atoms with Gasteiger partial charge in [0.1, 0.15) is 0 Å². The molecule has 0 radical (unpaired) electrons. The predicted octanol–water partition coefficient (Wildman–Crippen LogP) is 2.86. The van der Waals surface area contributed by atoms with Gasteiger partial charge in [-0.3, -0.25) is 20.2 Å². The van der Waals surface area contributed by atoms with Crippen LogP contribution in [-0.4, -0.2) is 36.0 Å². The lowest BCUT2D eigenvalue weighted by atomic mass is 9.99. The minimum atomic E-state index is -0.705. The molecule has 146 valence electrons. The third kappa shape index (κ3) is 4.47. The highest BCUT2D eigenvalue weighted by Crippen LogP contribution is 2.26. The SMILES string of the molecule is COC(=O)c1ccc(CCc2ccc(C(=O)OC)cc2[N+](=O)[O-])c([N+](=O)[O-])c1. The fourth-order valence-corrected chi connectivity index (χ4v) is 2.65. The summed E-state index contributed by atoms with van der Waals surface area (Å²) in [5.41, 5.74) is 0.124. The van der Waals surface area contributed by atoms with E-state index in [0.717, 1.165) is 12.1 Å². The number of esters is 2. The zero-order chi connectivity index (χ0) is 20.8. The molecular formula is C18H16N2O8. The van der Waals surface area contributed by atoms with E-state index in [2.05, 4.69) is 9.47 Å². The van der Waals surface area contributed by atoms with E-state index in [0.29, 0.717) is 11.1 Å². The van der Waals surface area contributed by atoms with Gasteiger partial charge in [-0.2, -0.15) is 0 Å². The number of carbonyl (C=O) groups is 2. The molecule has 2 aromatic carbocycles. The average molecular weight is 388 g/mol. The van der Waals surface area contributed by atoms with Gasteiger partial charge < -0.3 is 9.47 Å². The molecule has 0 bridgehead atoms. The Hall–Kier alpha value is -3.82. The van der Waals surface area contributed by atoms with Crippen LogP contribution in [0, 0.1) is 20.2 Å². The molecule has 0 N–H and O–H groups in total. The first kappa shape index (κ1) is 20.5. The number of hydrogen-bond acceptors (Lipinski definition) is 8. The van der Waals surface area contributed by atoms with Crippen molar-refractivity contribution in [2.75, 3.05) is 14.2 Å².